The van der Waals surface area contributed by atoms with Gasteiger partial charge in [0.2, 0.25) is 0 Å². The predicted octanol–water partition coefficient (Wildman–Crippen LogP) is 2.05. The molecular weight excluding hydrogens is 326 g/mol. The maximum absolute atomic E-state index is 11.0. The molecule has 25 heavy (non-hydrogen) atoms. The van der Waals surface area contributed by atoms with E-state index in [0.717, 1.165) is 11.3 Å². The van der Waals surface area contributed by atoms with Gasteiger partial charge in [0.25, 0.3) is 0 Å². The Balaban J connectivity index is 1.53. The summed E-state index contributed by atoms with van der Waals surface area (Å²) in [4.78, 5) is 12.2. The number of amides is 1. The van der Waals surface area contributed by atoms with E-state index in [9.17, 15) is 9.90 Å². The first kappa shape index (κ1) is 18.0. The smallest absolute Gasteiger partial charge is 0.407 e. The number of piperidine rings is 1. The summed E-state index contributed by atoms with van der Waals surface area (Å²) in [5.74, 6) is 0.116. The molecular formula is C18H25NO6. The van der Waals surface area contributed by atoms with E-state index < -0.39 is 18.0 Å². The second kappa shape index (κ2) is 7.19. The lowest BCUT2D eigenvalue weighted by Gasteiger charge is -2.34. The van der Waals surface area contributed by atoms with Gasteiger partial charge in [-0.05, 0) is 38.0 Å². The molecule has 1 amide bonds. The molecule has 2 saturated heterocycles. The summed E-state index contributed by atoms with van der Waals surface area (Å²) < 4.78 is 16.9. The third-order valence-corrected chi connectivity index (χ3v) is 4.66. The standard InChI is InChI=1S/C18H25NO6/c1-18(2)24-11-14(25-18)10-23-13-5-3-12(4-6-13)15-7-8-19(17(21)22)9-16(15)20/h3-6,14-16,20H,7-11H2,1-2H3,(H,21,22). The maximum Gasteiger partial charge on any atom is 0.407 e. The Kier molecular flexibility index (Phi) is 5.17. The van der Waals surface area contributed by atoms with Gasteiger partial charge in [-0.1, -0.05) is 12.1 Å². The maximum atomic E-state index is 11.0. The number of β-amino-alcohol motifs (C(OH)–C–C–N with tert-alkyl or cyclic N) is 1. The quantitative estimate of drug-likeness (QED) is 0.863. The van der Waals surface area contributed by atoms with Gasteiger partial charge in [0.05, 0.1) is 19.3 Å². The average molecular weight is 351 g/mol. The van der Waals surface area contributed by atoms with Gasteiger partial charge in [0.15, 0.2) is 5.79 Å². The van der Waals surface area contributed by atoms with Gasteiger partial charge in [0, 0.05) is 12.5 Å². The van der Waals surface area contributed by atoms with Crippen molar-refractivity contribution in [3.05, 3.63) is 29.8 Å². The molecule has 0 bridgehead atoms. The molecule has 7 nitrogen and oxygen atoms in total. The Morgan fingerprint density at radius 2 is 2.08 bits per heavy atom. The Bertz CT molecular complexity index is 602. The lowest BCUT2D eigenvalue weighted by molar-refractivity contribution is -0.141. The second-order valence-corrected chi connectivity index (χ2v) is 7.02. The van der Waals surface area contributed by atoms with Crippen LogP contribution in [0.5, 0.6) is 5.75 Å². The van der Waals surface area contributed by atoms with Crippen molar-refractivity contribution in [2.75, 3.05) is 26.3 Å². The van der Waals surface area contributed by atoms with Crippen LogP contribution in [-0.2, 0) is 9.47 Å². The highest BCUT2D eigenvalue weighted by Crippen LogP contribution is 2.30. The molecule has 2 aliphatic rings. The molecule has 0 saturated carbocycles. The van der Waals surface area contributed by atoms with Gasteiger partial charge in [-0.25, -0.2) is 4.79 Å². The van der Waals surface area contributed by atoms with Gasteiger partial charge in [-0.15, -0.1) is 0 Å². The van der Waals surface area contributed by atoms with Gasteiger partial charge >= 0.3 is 6.09 Å². The van der Waals surface area contributed by atoms with Crippen LogP contribution in [0, 0.1) is 0 Å². The first-order valence-electron chi connectivity index (χ1n) is 8.54. The zero-order valence-corrected chi connectivity index (χ0v) is 14.6. The van der Waals surface area contributed by atoms with Crippen molar-refractivity contribution < 1.29 is 29.2 Å². The highest BCUT2D eigenvalue weighted by molar-refractivity contribution is 5.65. The van der Waals surface area contributed by atoms with E-state index in [1.807, 2.05) is 38.1 Å². The minimum atomic E-state index is -0.984. The number of hydrogen-bond donors (Lipinski definition) is 2. The number of aliphatic hydroxyl groups is 1. The van der Waals surface area contributed by atoms with Crippen LogP contribution in [-0.4, -0.2) is 65.5 Å². The number of carbonyl (C=O) groups is 1. The van der Waals surface area contributed by atoms with E-state index in [1.165, 1.54) is 4.90 Å². The van der Waals surface area contributed by atoms with Crippen LogP contribution >= 0.6 is 0 Å². The van der Waals surface area contributed by atoms with E-state index in [1.54, 1.807) is 0 Å². The average Bonchev–Trinajstić information content (AvgIpc) is 2.92. The summed E-state index contributed by atoms with van der Waals surface area (Å²) in [6.45, 7) is 5.27. The molecule has 1 aromatic rings. The molecule has 2 fully saturated rings. The summed E-state index contributed by atoms with van der Waals surface area (Å²) in [7, 11) is 0. The van der Waals surface area contributed by atoms with E-state index >= 15 is 0 Å². The Labute approximate surface area is 147 Å². The first-order valence-corrected chi connectivity index (χ1v) is 8.54. The predicted molar refractivity (Wildman–Crippen MR) is 89.8 cm³/mol. The van der Waals surface area contributed by atoms with Crippen molar-refractivity contribution in [1.29, 1.82) is 0 Å². The van der Waals surface area contributed by atoms with Crippen LogP contribution in [0.4, 0.5) is 4.79 Å². The van der Waals surface area contributed by atoms with Crippen molar-refractivity contribution in [2.24, 2.45) is 0 Å². The van der Waals surface area contributed by atoms with Crippen molar-refractivity contribution in [1.82, 2.24) is 4.90 Å². The fraction of sp³-hybridized carbons (Fsp3) is 0.611. The lowest BCUT2D eigenvalue weighted by atomic mass is 9.87. The van der Waals surface area contributed by atoms with Crippen LogP contribution in [0.15, 0.2) is 24.3 Å². The number of ether oxygens (including phenoxy) is 3. The minimum Gasteiger partial charge on any atom is -0.491 e. The first-order chi connectivity index (χ1) is 11.8. The molecule has 0 spiro atoms. The highest BCUT2D eigenvalue weighted by Gasteiger charge is 2.33. The molecule has 2 heterocycles. The van der Waals surface area contributed by atoms with E-state index in [2.05, 4.69) is 0 Å². The molecule has 7 heteroatoms. The van der Waals surface area contributed by atoms with Crippen molar-refractivity contribution >= 4 is 6.09 Å². The van der Waals surface area contributed by atoms with E-state index in [4.69, 9.17) is 19.3 Å². The molecule has 1 aromatic carbocycles. The van der Waals surface area contributed by atoms with E-state index in [0.29, 0.717) is 26.2 Å². The highest BCUT2D eigenvalue weighted by atomic mass is 16.7. The third-order valence-electron chi connectivity index (χ3n) is 4.66. The van der Waals surface area contributed by atoms with Crippen LogP contribution in [0.25, 0.3) is 0 Å². The van der Waals surface area contributed by atoms with Crippen molar-refractivity contribution in [2.45, 2.75) is 44.2 Å². The van der Waals surface area contributed by atoms with Crippen LogP contribution < -0.4 is 4.74 Å². The number of likely N-dealkylation sites (tertiary alicyclic amines) is 1. The molecule has 3 atom stereocenters. The SMILES string of the molecule is CC1(C)OCC(COc2ccc(C3CCN(C(=O)O)CC3O)cc2)O1. The lowest BCUT2D eigenvalue weighted by Crippen LogP contribution is -2.45. The summed E-state index contributed by atoms with van der Waals surface area (Å²) in [5, 5.41) is 19.3. The fourth-order valence-corrected chi connectivity index (χ4v) is 3.34. The van der Waals surface area contributed by atoms with Crippen LogP contribution in [0.3, 0.4) is 0 Å². The molecule has 3 rings (SSSR count). The van der Waals surface area contributed by atoms with Crippen LogP contribution in [0.1, 0.15) is 31.7 Å². The molecule has 2 N–H and O–H groups in total. The number of rotatable bonds is 4. The zero-order chi connectivity index (χ0) is 18.0. The summed E-state index contributed by atoms with van der Waals surface area (Å²) in [5.41, 5.74) is 0.992. The van der Waals surface area contributed by atoms with E-state index in [-0.39, 0.29) is 18.6 Å². The van der Waals surface area contributed by atoms with Gasteiger partial charge in [-0.3, -0.25) is 0 Å². The van der Waals surface area contributed by atoms with Crippen molar-refractivity contribution in [3.63, 3.8) is 0 Å². The second-order valence-electron chi connectivity index (χ2n) is 7.02. The molecule has 0 aromatic heterocycles. The Morgan fingerprint density at radius 1 is 1.36 bits per heavy atom. The summed E-state index contributed by atoms with van der Waals surface area (Å²) in [6, 6.07) is 7.59. The largest absolute Gasteiger partial charge is 0.491 e. The molecule has 3 unspecified atom stereocenters. The fourth-order valence-electron chi connectivity index (χ4n) is 3.34. The minimum absolute atomic E-state index is 0.0583. The van der Waals surface area contributed by atoms with Gasteiger partial charge in [-0.2, -0.15) is 0 Å². The molecule has 138 valence electrons. The third kappa shape index (κ3) is 4.42. The number of aliphatic hydroxyl groups excluding tert-OH is 1. The molecule has 2 aliphatic heterocycles. The number of carboxylic acid groups (broad SMARTS) is 1. The van der Waals surface area contributed by atoms with Crippen molar-refractivity contribution in [3.8, 4) is 5.75 Å². The topological polar surface area (TPSA) is 88.5 Å². The number of hydrogen-bond acceptors (Lipinski definition) is 5. The molecule has 0 aliphatic carbocycles. The Hall–Kier alpha value is -1.83. The molecule has 0 radical (unpaired) electrons. The van der Waals surface area contributed by atoms with Gasteiger partial charge < -0.3 is 29.3 Å². The summed E-state index contributed by atoms with van der Waals surface area (Å²) >= 11 is 0. The number of nitrogens with zero attached hydrogens (tertiary/aromatic N) is 1. The Morgan fingerprint density at radius 3 is 2.64 bits per heavy atom. The zero-order valence-electron chi connectivity index (χ0n) is 14.6. The monoisotopic (exact) mass is 351 g/mol. The summed E-state index contributed by atoms with van der Waals surface area (Å²) in [6.07, 6.45) is -1.15. The van der Waals surface area contributed by atoms with Gasteiger partial charge in [0.1, 0.15) is 18.5 Å². The number of benzene rings is 1. The van der Waals surface area contributed by atoms with Crippen LogP contribution in [0.2, 0.25) is 0 Å². The normalized spacial score (nSPS) is 28.8.